The van der Waals surface area contributed by atoms with Gasteiger partial charge < -0.3 is 9.32 Å². The summed E-state index contributed by atoms with van der Waals surface area (Å²) in [6.45, 7) is 0.638. The molecule has 158 valence electrons. The number of benzene rings is 1. The number of rotatable bonds is 3. The molecule has 0 unspecified atom stereocenters. The third kappa shape index (κ3) is 3.25. The molecule has 1 amide bonds. The molecule has 0 bridgehead atoms. The quantitative estimate of drug-likeness (QED) is 0.523. The first kappa shape index (κ1) is 19.0. The molecule has 0 spiro atoms. The highest BCUT2D eigenvalue weighted by molar-refractivity contribution is 5.79. The van der Waals surface area contributed by atoms with E-state index in [4.69, 9.17) is 4.42 Å². The summed E-state index contributed by atoms with van der Waals surface area (Å²) in [5.74, 6) is -0.789. The van der Waals surface area contributed by atoms with Crippen LogP contribution in [-0.4, -0.2) is 43.0 Å². The Morgan fingerprint density at radius 1 is 1.10 bits per heavy atom. The van der Waals surface area contributed by atoms with Crippen molar-refractivity contribution in [1.82, 2.24) is 24.0 Å². The first-order valence-corrected chi connectivity index (χ1v) is 9.98. The number of aromatic amines is 1. The molecule has 31 heavy (non-hydrogen) atoms. The van der Waals surface area contributed by atoms with E-state index >= 15 is 0 Å². The lowest BCUT2D eigenvalue weighted by molar-refractivity contribution is -0.133. The average molecular weight is 421 g/mol. The number of nitrogens with zero attached hydrogens (tertiary/aromatic N) is 4. The van der Waals surface area contributed by atoms with Gasteiger partial charge in [0.25, 0.3) is 5.56 Å². The number of amides is 1. The van der Waals surface area contributed by atoms with Gasteiger partial charge in [-0.25, -0.2) is 14.6 Å². The maximum Gasteiger partial charge on any atom is 0.420 e. The number of pyridine rings is 1. The molecular weight excluding hydrogens is 402 g/mol. The van der Waals surface area contributed by atoms with E-state index in [1.807, 2.05) is 0 Å². The summed E-state index contributed by atoms with van der Waals surface area (Å²) in [7, 11) is 0. The number of carbonyl (C=O) groups is 1. The molecule has 1 aliphatic heterocycles. The van der Waals surface area contributed by atoms with Gasteiger partial charge in [0.2, 0.25) is 5.91 Å². The number of aromatic nitrogens is 4. The van der Waals surface area contributed by atoms with Crippen LogP contribution in [0.5, 0.6) is 0 Å². The molecule has 10 heteroatoms. The zero-order valence-electron chi connectivity index (χ0n) is 16.5. The number of oxazole rings is 1. The monoisotopic (exact) mass is 421 g/mol. The van der Waals surface area contributed by atoms with Gasteiger partial charge in [0.05, 0.1) is 10.9 Å². The van der Waals surface area contributed by atoms with Crippen molar-refractivity contribution >= 4 is 28.0 Å². The molecular formula is C21H19N5O5. The molecule has 0 radical (unpaired) electrons. The van der Waals surface area contributed by atoms with Crippen LogP contribution in [0.25, 0.3) is 22.1 Å². The molecule has 4 heterocycles. The molecule has 10 nitrogen and oxygen atoms in total. The summed E-state index contributed by atoms with van der Waals surface area (Å²) < 4.78 is 7.72. The maximum atomic E-state index is 12.8. The van der Waals surface area contributed by atoms with Crippen molar-refractivity contribution < 1.29 is 9.21 Å². The minimum atomic E-state index is -0.577. The van der Waals surface area contributed by atoms with Gasteiger partial charge >= 0.3 is 11.4 Å². The summed E-state index contributed by atoms with van der Waals surface area (Å²) in [5, 5.41) is 0.354. The van der Waals surface area contributed by atoms with E-state index in [2.05, 4.69) is 9.97 Å². The fourth-order valence-electron chi connectivity index (χ4n) is 4.17. The van der Waals surface area contributed by atoms with Gasteiger partial charge in [0.15, 0.2) is 5.58 Å². The molecule has 1 aromatic carbocycles. The summed E-state index contributed by atoms with van der Waals surface area (Å²) in [6.07, 6.45) is 2.43. The second kappa shape index (κ2) is 7.38. The van der Waals surface area contributed by atoms with E-state index < -0.39 is 11.4 Å². The third-order valence-corrected chi connectivity index (χ3v) is 5.75. The number of carbonyl (C=O) groups excluding carboxylic acids is 1. The van der Waals surface area contributed by atoms with Crippen LogP contribution in [0.4, 0.5) is 0 Å². The first-order valence-electron chi connectivity index (χ1n) is 9.98. The number of fused-ring (bicyclic) bond motifs is 2. The van der Waals surface area contributed by atoms with Crippen LogP contribution in [-0.2, 0) is 11.3 Å². The van der Waals surface area contributed by atoms with Crippen LogP contribution in [0.15, 0.2) is 61.4 Å². The second-order valence-corrected chi connectivity index (χ2v) is 7.54. The van der Waals surface area contributed by atoms with Gasteiger partial charge in [-0.05, 0) is 37.1 Å². The Hall–Kier alpha value is -3.95. The molecule has 1 fully saturated rings. The van der Waals surface area contributed by atoms with Gasteiger partial charge in [-0.1, -0.05) is 12.1 Å². The average Bonchev–Trinajstić information content (AvgIpc) is 3.09. The van der Waals surface area contributed by atoms with E-state index in [9.17, 15) is 19.2 Å². The number of para-hydroxylation sites is 2. The maximum absolute atomic E-state index is 12.8. The molecule has 0 atom stereocenters. The summed E-state index contributed by atoms with van der Waals surface area (Å²) in [6, 6.07) is 9.90. The van der Waals surface area contributed by atoms with E-state index in [-0.39, 0.29) is 29.7 Å². The predicted molar refractivity (Wildman–Crippen MR) is 112 cm³/mol. The van der Waals surface area contributed by atoms with Crippen molar-refractivity contribution in [3.05, 3.63) is 74.0 Å². The number of likely N-dealkylation sites (tertiary alicyclic amines) is 1. The highest BCUT2D eigenvalue weighted by atomic mass is 16.4. The highest BCUT2D eigenvalue weighted by Crippen LogP contribution is 2.21. The highest BCUT2D eigenvalue weighted by Gasteiger charge is 2.27. The van der Waals surface area contributed by atoms with E-state index in [0.29, 0.717) is 42.4 Å². The molecule has 5 rings (SSSR count). The molecule has 0 aliphatic carbocycles. The number of H-pyrrole nitrogens is 1. The predicted octanol–water partition coefficient (Wildman–Crippen LogP) is 0.856. The Labute approximate surface area is 174 Å². The molecule has 1 N–H and O–H groups in total. The molecule has 4 aromatic rings. The van der Waals surface area contributed by atoms with Crippen LogP contribution in [0, 0.1) is 0 Å². The lowest BCUT2D eigenvalue weighted by Crippen LogP contribution is -2.46. The van der Waals surface area contributed by atoms with Crippen LogP contribution < -0.4 is 17.0 Å². The summed E-state index contributed by atoms with van der Waals surface area (Å²) >= 11 is 0. The number of hydrogen-bond acceptors (Lipinski definition) is 6. The Balaban J connectivity index is 1.34. The number of nitrogens with one attached hydrogen (secondary N) is 1. The molecule has 1 aliphatic rings. The van der Waals surface area contributed by atoms with Crippen molar-refractivity contribution in [2.24, 2.45) is 0 Å². The van der Waals surface area contributed by atoms with Gasteiger partial charge in [-0.15, -0.1) is 0 Å². The zero-order chi connectivity index (χ0) is 21.5. The number of piperidine rings is 1. The summed E-state index contributed by atoms with van der Waals surface area (Å²) in [4.78, 5) is 58.5. The smallest absolute Gasteiger partial charge is 0.408 e. The fraction of sp³-hybridized carbons (Fsp3) is 0.286. The Bertz CT molecular complexity index is 1470. The minimum absolute atomic E-state index is 0.122. The molecule has 1 saturated heterocycles. The Morgan fingerprint density at radius 2 is 1.87 bits per heavy atom. The fourth-order valence-corrected chi connectivity index (χ4v) is 4.17. The van der Waals surface area contributed by atoms with Crippen LogP contribution in [0.2, 0.25) is 0 Å². The van der Waals surface area contributed by atoms with Crippen molar-refractivity contribution in [2.45, 2.75) is 25.4 Å². The molecule has 3 aromatic heterocycles. The summed E-state index contributed by atoms with van der Waals surface area (Å²) in [5.41, 5.74) is 0.381. The lowest BCUT2D eigenvalue weighted by atomic mass is 10.0. The van der Waals surface area contributed by atoms with E-state index in [0.717, 1.165) is 0 Å². The Morgan fingerprint density at radius 3 is 2.68 bits per heavy atom. The van der Waals surface area contributed by atoms with Gasteiger partial charge in [-0.2, -0.15) is 0 Å². The Kier molecular flexibility index (Phi) is 4.54. The topological polar surface area (TPSA) is 123 Å². The van der Waals surface area contributed by atoms with E-state index in [1.165, 1.54) is 15.3 Å². The van der Waals surface area contributed by atoms with Crippen molar-refractivity contribution in [2.75, 3.05) is 13.1 Å². The van der Waals surface area contributed by atoms with E-state index in [1.54, 1.807) is 41.3 Å². The molecule has 0 saturated carbocycles. The van der Waals surface area contributed by atoms with Gasteiger partial charge in [-0.3, -0.25) is 23.7 Å². The van der Waals surface area contributed by atoms with Crippen LogP contribution in [0.3, 0.4) is 0 Å². The van der Waals surface area contributed by atoms with Crippen molar-refractivity contribution in [1.29, 1.82) is 0 Å². The lowest BCUT2D eigenvalue weighted by Gasteiger charge is -2.32. The normalized spacial score (nSPS) is 15.0. The second-order valence-electron chi connectivity index (χ2n) is 7.54. The largest absolute Gasteiger partial charge is 0.420 e. The SMILES string of the molecule is O=C(Cn1c(=O)oc2ccccc21)N1CCC(n2c(=O)[nH]c3ncccc3c2=O)CC1. The third-order valence-electron chi connectivity index (χ3n) is 5.75. The van der Waals surface area contributed by atoms with Crippen molar-refractivity contribution in [3.63, 3.8) is 0 Å². The van der Waals surface area contributed by atoms with Crippen LogP contribution >= 0.6 is 0 Å². The number of hydrogen-bond donors (Lipinski definition) is 1. The first-order chi connectivity index (χ1) is 15.0. The van der Waals surface area contributed by atoms with Gasteiger partial charge in [0, 0.05) is 25.3 Å². The standard InChI is InChI=1S/C21H19N5O5/c27-17(12-25-15-5-1-2-6-16(15)31-21(25)30)24-10-7-13(8-11-24)26-19(28)14-4-3-9-22-18(14)23-20(26)29/h1-6,9,13H,7-8,10-12H2,(H,22,23,29). The van der Waals surface area contributed by atoms with Gasteiger partial charge in [0.1, 0.15) is 12.2 Å². The van der Waals surface area contributed by atoms with Crippen LogP contribution in [0.1, 0.15) is 18.9 Å². The minimum Gasteiger partial charge on any atom is -0.408 e. The van der Waals surface area contributed by atoms with Crippen molar-refractivity contribution in [3.8, 4) is 0 Å². The zero-order valence-corrected chi connectivity index (χ0v) is 16.5.